The molecule has 1 amide bonds. The maximum absolute atomic E-state index is 11.9. The Morgan fingerprint density at radius 2 is 2.29 bits per heavy atom. The van der Waals surface area contributed by atoms with Crippen LogP contribution in [-0.4, -0.2) is 41.8 Å². The second kappa shape index (κ2) is 5.48. The molecule has 2 aromatic rings. The van der Waals surface area contributed by atoms with Crippen LogP contribution in [-0.2, 0) is 21.1 Å². The summed E-state index contributed by atoms with van der Waals surface area (Å²) in [5, 5.41) is 2.80. The van der Waals surface area contributed by atoms with E-state index in [0.717, 1.165) is 11.3 Å². The van der Waals surface area contributed by atoms with Crippen molar-refractivity contribution in [1.29, 1.82) is 0 Å². The normalized spacial score (nSPS) is 20.7. The minimum absolute atomic E-state index is 0.0206. The van der Waals surface area contributed by atoms with E-state index in [1.54, 1.807) is 0 Å². The molecule has 0 aromatic carbocycles. The van der Waals surface area contributed by atoms with Crippen LogP contribution in [0.15, 0.2) is 30.6 Å². The first kappa shape index (κ1) is 14.1. The van der Waals surface area contributed by atoms with Gasteiger partial charge in [0, 0.05) is 25.4 Å². The van der Waals surface area contributed by atoms with Gasteiger partial charge in [-0.25, -0.2) is 13.4 Å². The number of amides is 1. The summed E-state index contributed by atoms with van der Waals surface area (Å²) in [5.41, 5.74) is 1.78. The molecule has 0 bridgehead atoms. The van der Waals surface area contributed by atoms with Crippen LogP contribution < -0.4 is 5.32 Å². The van der Waals surface area contributed by atoms with Gasteiger partial charge in [0.1, 0.15) is 5.65 Å². The third-order valence-corrected chi connectivity index (χ3v) is 5.47. The Labute approximate surface area is 123 Å². The average Bonchev–Trinajstić information content (AvgIpc) is 3.01. The molecular formula is C14H17N3O3S. The number of carbonyl (C=O) groups is 1. The van der Waals surface area contributed by atoms with E-state index in [1.807, 2.05) is 35.0 Å². The van der Waals surface area contributed by atoms with Crippen LogP contribution >= 0.6 is 0 Å². The summed E-state index contributed by atoms with van der Waals surface area (Å²) in [4.78, 5) is 16.3. The summed E-state index contributed by atoms with van der Waals surface area (Å²) in [6.07, 6.45) is 4.92. The fraction of sp³-hybridized carbons (Fsp3) is 0.429. The number of nitrogens with zero attached hydrogens (tertiary/aromatic N) is 2. The zero-order valence-electron chi connectivity index (χ0n) is 11.5. The zero-order chi connectivity index (χ0) is 14.9. The average molecular weight is 307 g/mol. The number of nitrogens with one attached hydrogen (secondary N) is 1. The maximum atomic E-state index is 11.9. The van der Waals surface area contributed by atoms with E-state index in [-0.39, 0.29) is 17.4 Å². The van der Waals surface area contributed by atoms with E-state index in [2.05, 4.69) is 10.3 Å². The molecule has 21 heavy (non-hydrogen) atoms. The van der Waals surface area contributed by atoms with E-state index in [4.69, 9.17) is 0 Å². The van der Waals surface area contributed by atoms with E-state index >= 15 is 0 Å². The van der Waals surface area contributed by atoms with Crippen molar-refractivity contribution < 1.29 is 13.2 Å². The lowest BCUT2D eigenvalue weighted by Crippen LogP contribution is -2.32. The number of rotatable bonds is 4. The highest BCUT2D eigenvalue weighted by atomic mass is 32.2. The molecule has 3 rings (SSSR count). The Kier molecular flexibility index (Phi) is 3.67. The van der Waals surface area contributed by atoms with Gasteiger partial charge in [-0.15, -0.1) is 0 Å². The molecule has 1 saturated heterocycles. The number of pyridine rings is 1. The Morgan fingerprint density at radius 1 is 1.43 bits per heavy atom. The van der Waals surface area contributed by atoms with Gasteiger partial charge in [0.25, 0.3) is 0 Å². The number of sulfone groups is 1. The number of hydrogen-bond donors (Lipinski definition) is 1. The first-order valence-corrected chi connectivity index (χ1v) is 8.76. The van der Waals surface area contributed by atoms with Crippen LogP contribution in [0.4, 0.5) is 0 Å². The molecule has 1 aliphatic rings. The molecule has 3 heterocycles. The Balaban J connectivity index is 1.53. The number of aromatic nitrogens is 2. The van der Waals surface area contributed by atoms with Gasteiger partial charge < -0.3 is 9.72 Å². The molecule has 1 aliphatic heterocycles. The lowest BCUT2D eigenvalue weighted by atomic mass is 10.1. The topological polar surface area (TPSA) is 80.5 Å². The molecule has 1 fully saturated rings. The number of fused-ring (bicyclic) bond motifs is 1. The maximum Gasteiger partial charge on any atom is 0.224 e. The molecule has 1 N–H and O–H groups in total. The van der Waals surface area contributed by atoms with Crippen LogP contribution in [0.2, 0.25) is 0 Å². The van der Waals surface area contributed by atoms with E-state index in [1.165, 1.54) is 0 Å². The van der Waals surface area contributed by atoms with Crippen LogP contribution in [0.3, 0.4) is 0 Å². The third-order valence-electron chi connectivity index (χ3n) is 3.70. The van der Waals surface area contributed by atoms with Crippen molar-refractivity contribution in [3.63, 3.8) is 0 Å². The smallest absolute Gasteiger partial charge is 0.224 e. The summed E-state index contributed by atoms with van der Waals surface area (Å²) in [5.74, 6) is -0.457. The van der Waals surface area contributed by atoms with Crippen LogP contribution in [0, 0.1) is 5.92 Å². The largest absolute Gasteiger partial charge is 0.355 e. The van der Waals surface area contributed by atoms with Crippen molar-refractivity contribution in [2.75, 3.05) is 18.1 Å². The highest BCUT2D eigenvalue weighted by Crippen LogP contribution is 2.18. The first-order chi connectivity index (χ1) is 10.0. The predicted octanol–water partition coefficient (Wildman–Crippen LogP) is 0.428. The fourth-order valence-electron chi connectivity index (χ4n) is 2.57. The molecule has 0 aliphatic carbocycles. The summed E-state index contributed by atoms with van der Waals surface area (Å²) >= 11 is 0. The van der Waals surface area contributed by atoms with Crippen molar-refractivity contribution in [1.82, 2.24) is 14.7 Å². The number of carbonyl (C=O) groups excluding carboxylic acids is 1. The second-order valence-electron chi connectivity index (χ2n) is 5.34. The van der Waals surface area contributed by atoms with Crippen molar-refractivity contribution in [3.8, 4) is 0 Å². The van der Waals surface area contributed by atoms with Gasteiger partial charge in [-0.3, -0.25) is 4.79 Å². The van der Waals surface area contributed by atoms with Gasteiger partial charge in [0.15, 0.2) is 9.84 Å². The monoisotopic (exact) mass is 307 g/mol. The summed E-state index contributed by atoms with van der Waals surface area (Å²) in [6, 6.07) is 5.78. The Bertz CT molecular complexity index is 734. The summed E-state index contributed by atoms with van der Waals surface area (Å²) in [7, 11) is -3.01. The van der Waals surface area contributed by atoms with E-state index in [0.29, 0.717) is 19.4 Å². The molecule has 2 aromatic heterocycles. The van der Waals surface area contributed by atoms with Crippen LogP contribution in [0.25, 0.3) is 5.65 Å². The van der Waals surface area contributed by atoms with Gasteiger partial charge in [-0.2, -0.15) is 0 Å². The molecule has 0 spiro atoms. The van der Waals surface area contributed by atoms with Gasteiger partial charge in [0.2, 0.25) is 5.91 Å². The minimum atomic E-state index is -3.01. The molecule has 112 valence electrons. The highest BCUT2D eigenvalue weighted by Gasteiger charge is 2.32. The standard InChI is InChI=1S/C14H17N3O3S/c18-14(11-5-8-21(19,20)10-11)15-6-4-12-9-17-7-2-1-3-13(17)16-12/h1-3,7,9,11H,4-6,8,10H2,(H,15,18). The molecule has 6 nitrogen and oxygen atoms in total. The van der Waals surface area contributed by atoms with Gasteiger partial charge >= 0.3 is 0 Å². The molecule has 0 radical (unpaired) electrons. The van der Waals surface area contributed by atoms with E-state index < -0.39 is 15.8 Å². The molecule has 1 atom stereocenters. The minimum Gasteiger partial charge on any atom is -0.355 e. The van der Waals surface area contributed by atoms with Gasteiger partial charge in [0.05, 0.1) is 23.1 Å². The van der Waals surface area contributed by atoms with E-state index in [9.17, 15) is 13.2 Å². The number of hydrogen-bond acceptors (Lipinski definition) is 4. The molecule has 1 unspecified atom stereocenters. The molecular weight excluding hydrogens is 290 g/mol. The third kappa shape index (κ3) is 3.24. The lowest BCUT2D eigenvalue weighted by Gasteiger charge is -2.08. The first-order valence-electron chi connectivity index (χ1n) is 6.94. The zero-order valence-corrected chi connectivity index (χ0v) is 12.3. The molecule has 0 saturated carbocycles. The SMILES string of the molecule is O=C(NCCc1cn2ccccc2n1)C1CCS(=O)(=O)C1. The highest BCUT2D eigenvalue weighted by molar-refractivity contribution is 7.91. The fourth-order valence-corrected chi connectivity index (χ4v) is 4.31. The quantitative estimate of drug-likeness (QED) is 0.888. The van der Waals surface area contributed by atoms with Gasteiger partial charge in [-0.1, -0.05) is 6.07 Å². The summed E-state index contributed by atoms with van der Waals surface area (Å²) < 4.78 is 24.6. The lowest BCUT2D eigenvalue weighted by molar-refractivity contribution is -0.124. The summed E-state index contributed by atoms with van der Waals surface area (Å²) in [6.45, 7) is 0.471. The number of imidazole rings is 1. The van der Waals surface area contributed by atoms with Crippen molar-refractivity contribution >= 4 is 21.4 Å². The Morgan fingerprint density at radius 3 is 3.00 bits per heavy atom. The van der Waals surface area contributed by atoms with Crippen LogP contribution in [0.5, 0.6) is 0 Å². The second-order valence-corrected chi connectivity index (χ2v) is 7.57. The Hall–Kier alpha value is -1.89. The van der Waals surface area contributed by atoms with Crippen molar-refractivity contribution in [3.05, 3.63) is 36.3 Å². The van der Waals surface area contributed by atoms with Gasteiger partial charge in [-0.05, 0) is 18.6 Å². The van der Waals surface area contributed by atoms with Crippen molar-refractivity contribution in [2.45, 2.75) is 12.8 Å². The van der Waals surface area contributed by atoms with Crippen LogP contribution in [0.1, 0.15) is 12.1 Å². The predicted molar refractivity (Wildman–Crippen MR) is 78.7 cm³/mol. The molecule has 7 heteroatoms. The van der Waals surface area contributed by atoms with Crippen molar-refractivity contribution in [2.24, 2.45) is 5.92 Å².